The number of rotatable bonds is 6. The van der Waals surface area contributed by atoms with Crippen LogP contribution in [0.1, 0.15) is 29.1 Å². The van der Waals surface area contributed by atoms with Crippen LogP contribution >= 0.6 is 11.3 Å². The number of benzene rings is 1. The molecule has 0 radical (unpaired) electrons. The molecule has 2 amide bonds. The lowest BCUT2D eigenvalue weighted by molar-refractivity contribution is -0.131. The zero-order valence-corrected chi connectivity index (χ0v) is 17.2. The van der Waals surface area contributed by atoms with E-state index >= 15 is 0 Å². The highest BCUT2D eigenvalue weighted by atomic mass is 32.1. The molecule has 3 rings (SSSR count). The fourth-order valence-electron chi connectivity index (χ4n) is 3.03. The third-order valence-electron chi connectivity index (χ3n) is 4.65. The van der Waals surface area contributed by atoms with Gasteiger partial charge in [0.15, 0.2) is 0 Å². The molecule has 0 bridgehead atoms. The van der Waals surface area contributed by atoms with Crippen LogP contribution in [0, 0.1) is 12.7 Å². The van der Waals surface area contributed by atoms with Crippen LogP contribution in [0.2, 0.25) is 0 Å². The number of thiophene rings is 1. The molecule has 0 spiro atoms. The maximum Gasteiger partial charge on any atom is 0.266 e. The first-order valence-electron chi connectivity index (χ1n) is 9.18. The molecule has 152 valence electrons. The van der Waals surface area contributed by atoms with E-state index in [-0.39, 0.29) is 18.0 Å². The smallest absolute Gasteiger partial charge is 0.266 e. The highest BCUT2D eigenvalue weighted by Crippen LogP contribution is 2.27. The molecule has 0 atom stereocenters. The Balaban J connectivity index is 1.92. The average molecular weight is 416 g/mol. The molecular weight excluding hydrogens is 395 g/mol. The first kappa shape index (κ1) is 20.7. The van der Waals surface area contributed by atoms with Crippen LogP contribution in [0.25, 0.3) is 10.2 Å². The largest absolute Gasteiger partial charge is 0.342 e. The number of hydrogen-bond donors (Lipinski definition) is 1. The summed E-state index contributed by atoms with van der Waals surface area (Å²) in [6, 6.07) is 5.42. The average Bonchev–Trinajstić information content (AvgIpc) is 3.04. The van der Waals surface area contributed by atoms with Crippen molar-refractivity contribution in [2.24, 2.45) is 0 Å². The van der Waals surface area contributed by atoms with E-state index in [1.165, 1.54) is 35.2 Å². The molecule has 2 heterocycles. The summed E-state index contributed by atoms with van der Waals surface area (Å²) >= 11 is 1.11. The zero-order chi connectivity index (χ0) is 21.1. The van der Waals surface area contributed by atoms with Crippen LogP contribution in [0.3, 0.4) is 0 Å². The van der Waals surface area contributed by atoms with Crippen molar-refractivity contribution in [1.29, 1.82) is 0 Å². The van der Waals surface area contributed by atoms with E-state index in [0.717, 1.165) is 11.3 Å². The maximum atomic E-state index is 13.0. The van der Waals surface area contributed by atoms with Gasteiger partial charge in [0.1, 0.15) is 17.2 Å². The summed E-state index contributed by atoms with van der Waals surface area (Å²) in [6.45, 7) is 6.45. The third kappa shape index (κ3) is 4.19. The molecule has 1 aromatic carbocycles. The maximum absolute atomic E-state index is 13.0. The van der Waals surface area contributed by atoms with Crippen molar-refractivity contribution in [2.75, 3.05) is 18.4 Å². The Morgan fingerprint density at radius 3 is 2.48 bits per heavy atom. The van der Waals surface area contributed by atoms with Crippen molar-refractivity contribution in [3.05, 3.63) is 57.2 Å². The molecule has 0 aliphatic rings. The van der Waals surface area contributed by atoms with Gasteiger partial charge in [-0.1, -0.05) is 0 Å². The van der Waals surface area contributed by atoms with Crippen molar-refractivity contribution in [3.63, 3.8) is 0 Å². The summed E-state index contributed by atoms with van der Waals surface area (Å²) in [6.07, 6.45) is 1.34. The second-order valence-corrected chi connectivity index (χ2v) is 7.44. The molecule has 29 heavy (non-hydrogen) atoms. The highest BCUT2D eigenvalue weighted by Gasteiger charge is 2.21. The standard InChI is InChI=1S/C20H21FN4O3S/c1-4-24(5-2)15(26)10-25-11-22-19-16(20(25)28)12(3)17(29-19)18(27)23-14-8-6-13(21)7-9-14/h6-9,11H,4-5,10H2,1-3H3,(H,23,27). The predicted molar refractivity (Wildman–Crippen MR) is 111 cm³/mol. The van der Waals surface area contributed by atoms with Crippen molar-refractivity contribution in [3.8, 4) is 0 Å². The van der Waals surface area contributed by atoms with Crippen molar-refractivity contribution >= 4 is 39.1 Å². The van der Waals surface area contributed by atoms with E-state index in [4.69, 9.17) is 0 Å². The van der Waals surface area contributed by atoms with Gasteiger partial charge in [0.05, 0.1) is 16.6 Å². The fourth-order valence-corrected chi connectivity index (χ4v) is 4.07. The second kappa shape index (κ2) is 8.52. The monoisotopic (exact) mass is 416 g/mol. The predicted octanol–water partition coefficient (Wildman–Crippen LogP) is 3.03. The van der Waals surface area contributed by atoms with Crippen LogP contribution in [-0.2, 0) is 11.3 Å². The highest BCUT2D eigenvalue weighted by molar-refractivity contribution is 7.20. The van der Waals surface area contributed by atoms with Crippen molar-refractivity contribution < 1.29 is 14.0 Å². The van der Waals surface area contributed by atoms with Crippen molar-refractivity contribution in [1.82, 2.24) is 14.5 Å². The number of amides is 2. The minimum atomic E-state index is -0.401. The second-order valence-electron chi connectivity index (χ2n) is 6.44. The Labute approximate surface area is 170 Å². The summed E-state index contributed by atoms with van der Waals surface area (Å²) in [4.78, 5) is 44.6. The van der Waals surface area contributed by atoms with Gasteiger partial charge in [-0.3, -0.25) is 19.0 Å². The first-order valence-corrected chi connectivity index (χ1v) is 10.0. The number of aromatic nitrogens is 2. The molecular formula is C20H21FN4O3S. The Morgan fingerprint density at radius 1 is 1.21 bits per heavy atom. The molecule has 2 aromatic heterocycles. The molecule has 0 aliphatic heterocycles. The number of carbonyl (C=O) groups excluding carboxylic acids is 2. The quantitative estimate of drug-likeness (QED) is 0.669. The summed E-state index contributed by atoms with van der Waals surface area (Å²) in [5, 5.41) is 3.02. The van der Waals surface area contributed by atoms with Gasteiger partial charge in [-0.25, -0.2) is 9.37 Å². The fraction of sp³-hybridized carbons (Fsp3) is 0.300. The topological polar surface area (TPSA) is 84.3 Å². The van der Waals surface area contributed by atoms with Gasteiger partial charge in [0.25, 0.3) is 11.5 Å². The molecule has 0 fully saturated rings. The van der Waals surface area contributed by atoms with Gasteiger partial charge < -0.3 is 10.2 Å². The molecule has 3 aromatic rings. The van der Waals surface area contributed by atoms with E-state index in [1.54, 1.807) is 11.8 Å². The van der Waals surface area contributed by atoms with Gasteiger partial charge in [-0.2, -0.15) is 0 Å². The number of aryl methyl sites for hydroxylation is 1. The van der Waals surface area contributed by atoms with Gasteiger partial charge in [0, 0.05) is 18.8 Å². The molecule has 7 nitrogen and oxygen atoms in total. The molecule has 0 unspecified atom stereocenters. The van der Waals surface area contributed by atoms with Crippen LogP contribution < -0.4 is 10.9 Å². The number of carbonyl (C=O) groups is 2. The number of likely N-dealkylation sites (N-methyl/N-ethyl adjacent to an activating group) is 1. The Morgan fingerprint density at radius 2 is 1.86 bits per heavy atom. The van der Waals surface area contributed by atoms with E-state index in [2.05, 4.69) is 10.3 Å². The van der Waals surface area contributed by atoms with Crippen LogP contribution in [0.5, 0.6) is 0 Å². The van der Waals surface area contributed by atoms with E-state index < -0.39 is 11.7 Å². The Bertz CT molecular complexity index is 1120. The van der Waals surface area contributed by atoms with Crippen LogP contribution in [-0.4, -0.2) is 39.4 Å². The van der Waals surface area contributed by atoms with Gasteiger partial charge in [0.2, 0.25) is 5.91 Å². The Hall–Kier alpha value is -3.07. The summed E-state index contributed by atoms with van der Waals surface area (Å²) < 4.78 is 14.3. The third-order valence-corrected chi connectivity index (χ3v) is 5.85. The normalized spacial score (nSPS) is 10.9. The summed E-state index contributed by atoms with van der Waals surface area (Å²) in [7, 11) is 0. The van der Waals surface area contributed by atoms with Crippen LogP contribution in [0.4, 0.5) is 10.1 Å². The number of hydrogen-bond acceptors (Lipinski definition) is 5. The summed E-state index contributed by atoms with van der Waals surface area (Å²) in [5.74, 6) is -0.965. The molecule has 0 saturated heterocycles. The van der Waals surface area contributed by atoms with E-state index in [9.17, 15) is 18.8 Å². The first-order chi connectivity index (χ1) is 13.8. The minimum Gasteiger partial charge on any atom is -0.342 e. The van der Waals surface area contributed by atoms with E-state index in [1.807, 2.05) is 13.8 Å². The van der Waals surface area contributed by atoms with E-state index in [0.29, 0.717) is 39.4 Å². The summed E-state index contributed by atoms with van der Waals surface area (Å²) in [5.41, 5.74) is 0.597. The lowest BCUT2D eigenvalue weighted by atomic mass is 10.2. The van der Waals surface area contributed by atoms with Crippen molar-refractivity contribution in [2.45, 2.75) is 27.3 Å². The molecule has 1 N–H and O–H groups in total. The molecule has 0 saturated carbocycles. The number of anilines is 1. The van der Waals surface area contributed by atoms with Gasteiger partial charge >= 0.3 is 0 Å². The lowest BCUT2D eigenvalue weighted by Crippen LogP contribution is -2.36. The molecule has 9 heteroatoms. The van der Waals surface area contributed by atoms with Gasteiger partial charge in [-0.05, 0) is 50.6 Å². The Kier molecular flexibility index (Phi) is 6.07. The number of halogens is 1. The van der Waals surface area contributed by atoms with Crippen LogP contribution in [0.15, 0.2) is 35.4 Å². The number of fused-ring (bicyclic) bond motifs is 1. The SMILES string of the molecule is CCN(CC)C(=O)Cn1cnc2sc(C(=O)Nc3ccc(F)cc3)c(C)c2c1=O. The number of nitrogens with zero attached hydrogens (tertiary/aromatic N) is 3. The van der Waals surface area contributed by atoms with Gasteiger partial charge in [-0.15, -0.1) is 11.3 Å². The lowest BCUT2D eigenvalue weighted by Gasteiger charge is -2.18. The number of nitrogens with one attached hydrogen (secondary N) is 1. The molecule has 0 aliphatic carbocycles. The zero-order valence-electron chi connectivity index (χ0n) is 16.4. The minimum absolute atomic E-state index is 0.101.